The summed E-state index contributed by atoms with van der Waals surface area (Å²) >= 11 is 1.99. The van der Waals surface area contributed by atoms with Crippen LogP contribution >= 0.6 is 11.8 Å². The summed E-state index contributed by atoms with van der Waals surface area (Å²) in [5.74, 6) is 2.95. The standard InChI is InChI=1S/C10H12O2S/c11-5-9-6-12-7-10(9)8-1-3-13-4-2-8/h5-8H,1-4H2. The van der Waals surface area contributed by atoms with Crippen LogP contribution in [0.4, 0.5) is 0 Å². The Bertz CT molecular complexity index is 287. The summed E-state index contributed by atoms with van der Waals surface area (Å²) in [6, 6.07) is 0. The first-order valence-corrected chi connectivity index (χ1v) is 5.66. The molecule has 1 fully saturated rings. The fourth-order valence-corrected chi connectivity index (χ4v) is 2.86. The molecule has 0 aliphatic carbocycles. The predicted molar refractivity (Wildman–Crippen MR) is 53.4 cm³/mol. The largest absolute Gasteiger partial charge is 0.472 e. The van der Waals surface area contributed by atoms with E-state index in [9.17, 15) is 4.79 Å². The number of aldehydes is 1. The maximum absolute atomic E-state index is 10.7. The lowest BCUT2D eigenvalue weighted by atomic mass is 9.93. The van der Waals surface area contributed by atoms with Crippen molar-refractivity contribution in [2.24, 2.45) is 0 Å². The van der Waals surface area contributed by atoms with Crippen LogP contribution < -0.4 is 0 Å². The van der Waals surface area contributed by atoms with Crippen molar-refractivity contribution >= 4 is 18.0 Å². The average Bonchev–Trinajstić information content (AvgIpc) is 2.67. The Kier molecular flexibility index (Phi) is 2.74. The van der Waals surface area contributed by atoms with Crippen molar-refractivity contribution in [3.63, 3.8) is 0 Å². The van der Waals surface area contributed by atoms with E-state index in [0.29, 0.717) is 5.92 Å². The molecule has 1 aliphatic rings. The first-order chi connectivity index (χ1) is 6.42. The van der Waals surface area contributed by atoms with E-state index in [2.05, 4.69) is 0 Å². The van der Waals surface area contributed by atoms with Crippen molar-refractivity contribution < 1.29 is 9.21 Å². The molecule has 0 bridgehead atoms. The molecular formula is C10H12O2S. The van der Waals surface area contributed by atoms with Gasteiger partial charge >= 0.3 is 0 Å². The summed E-state index contributed by atoms with van der Waals surface area (Å²) in [7, 11) is 0. The molecule has 1 aliphatic heterocycles. The third kappa shape index (κ3) is 1.80. The van der Waals surface area contributed by atoms with Crippen molar-refractivity contribution in [2.45, 2.75) is 18.8 Å². The van der Waals surface area contributed by atoms with E-state index >= 15 is 0 Å². The third-order valence-electron chi connectivity index (χ3n) is 2.51. The Labute approximate surface area is 81.7 Å². The second-order valence-electron chi connectivity index (χ2n) is 3.29. The number of rotatable bonds is 2. The summed E-state index contributed by atoms with van der Waals surface area (Å²) < 4.78 is 5.05. The van der Waals surface area contributed by atoms with Gasteiger partial charge in [0, 0.05) is 5.56 Å². The van der Waals surface area contributed by atoms with Crippen LogP contribution in [0.5, 0.6) is 0 Å². The molecule has 1 saturated heterocycles. The van der Waals surface area contributed by atoms with Crippen LogP contribution in [0.3, 0.4) is 0 Å². The van der Waals surface area contributed by atoms with Crippen LogP contribution in [-0.2, 0) is 0 Å². The van der Waals surface area contributed by atoms with Crippen molar-refractivity contribution in [1.82, 2.24) is 0 Å². The third-order valence-corrected chi connectivity index (χ3v) is 3.56. The number of furan rings is 1. The van der Waals surface area contributed by atoms with E-state index in [1.54, 1.807) is 12.5 Å². The molecule has 0 amide bonds. The Morgan fingerprint density at radius 3 is 2.85 bits per heavy atom. The predicted octanol–water partition coefficient (Wildman–Crippen LogP) is 2.70. The molecule has 0 N–H and O–H groups in total. The van der Waals surface area contributed by atoms with Gasteiger partial charge in [0.15, 0.2) is 6.29 Å². The second-order valence-corrected chi connectivity index (χ2v) is 4.51. The monoisotopic (exact) mass is 196 g/mol. The SMILES string of the molecule is O=Cc1cocc1C1CCSCC1. The smallest absolute Gasteiger partial charge is 0.153 e. The quantitative estimate of drug-likeness (QED) is 0.681. The van der Waals surface area contributed by atoms with Gasteiger partial charge in [-0.1, -0.05) is 0 Å². The first-order valence-electron chi connectivity index (χ1n) is 4.51. The molecule has 0 saturated carbocycles. The molecule has 2 nitrogen and oxygen atoms in total. The van der Waals surface area contributed by atoms with Gasteiger partial charge in [0.1, 0.15) is 6.26 Å². The van der Waals surface area contributed by atoms with Crippen LogP contribution in [0, 0.1) is 0 Å². The van der Waals surface area contributed by atoms with Gasteiger partial charge in [-0.25, -0.2) is 0 Å². The van der Waals surface area contributed by atoms with Crippen molar-refractivity contribution in [1.29, 1.82) is 0 Å². The van der Waals surface area contributed by atoms with Crippen molar-refractivity contribution in [3.05, 3.63) is 23.7 Å². The van der Waals surface area contributed by atoms with Gasteiger partial charge in [-0.3, -0.25) is 4.79 Å². The van der Waals surface area contributed by atoms with Gasteiger partial charge in [-0.2, -0.15) is 11.8 Å². The lowest BCUT2D eigenvalue weighted by molar-refractivity contribution is 0.112. The molecule has 0 radical (unpaired) electrons. The molecule has 13 heavy (non-hydrogen) atoms. The van der Waals surface area contributed by atoms with Crippen LogP contribution in [0.25, 0.3) is 0 Å². The molecule has 1 aromatic rings. The number of hydrogen-bond acceptors (Lipinski definition) is 3. The highest BCUT2D eigenvalue weighted by Gasteiger charge is 2.19. The van der Waals surface area contributed by atoms with Gasteiger partial charge in [-0.05, 0) is 30.3 Å². The second kappa shape index (κ2) is 4.01. The molecule has 3 heteroatoms. The van der Waals surface area contributed by atoms with Gasteiger partial charge in [0.05, 0.1) is 11.8 Å². The number of hydrogen-bond donors (Lipinski definition) is 0. The maximum atomic E-state index is 10.7. The normalized spacial score (nSPS) is 18.8. The molecule has 70 valence electrons. The van der Waals surface area contributed by atoms with Gasteiger partial charge in [-0.15, -0.1) is 0 Å². The lowest BCUT2D eigenvalue weighted by Gasteiger charge is -2.20. The molecule has 2 heterocycles. The average molecular weight is 196 g/mol. The Morgan fingerprint density at radius 1 is 1.38 bits per heavy atom. The first kappa shape index (κ1) is 8.88. The number of carbonyl (C=O) groups is 1. The summed E-state index contributed by atoms with van der Waals surface area (Å²) in [5.41, 5.74) is 1.84. The van der Waals surface area contributed by atoms with E-state index in [0.717, 1.165) is 17.4 Å². The van der Waals surface area contributed by atoms with Gasteiger partial charge < -0.3 is 4.42 Å². The molecule has 0 unspecified atom stereocenters. The fourth-order valence-electron chi connectivity index (χ4n) is 1.75. The summed E-state index contributed by atoms with van der Waals surface area (Å²) in [5, 5.41) is 0. The number of thioether (sulfide) groups is 1. The Morgan fingerprint density at radius 2 is 2.15 bits per heavy atom. The summed E-state index contributed by atoms with van der Waals surface area (Å²) in [4.78, 5) is 10.7. The molecule has 0 aromatic carbocycles. The van der Waals surface area contributed by atoms with Crippen LogP contribution in [0.15, 0.2) is 16.9 Å². The van der Waals surface area contributed by atoms with Crippen molar-refractivity contribution in [3.8, 4) is 0 Å². The van der Waals surface area contributed by atoms with E-state index < -0.39 is 0 Å². The van der Waals surface area contributed by atoms with Crippen LogP contribution in [0.2, 0.25) is 0 Å². The Balaban J connectivity index is 2.17. The zero-order valence-electron chi connectivity index (χ0n) is 7.36. The highest BCUT2D eigenvalue weighted by Crippen LogP contribution is 2.33. The van der Waals surface area contributed by atoms with Gasteiger partial charge in [0.2, 0.25) is 0 Å². The maximum Gasteiger partial charge on any atom is 0.153 e. The van der Waals surface area contributed by atoms with Crippen LogP contribution in [0.1, 0.15) is 34.7 Å². The minimum absolute atomic E-state index is 0.542. The highest BCUT2D eigenvalue weighted by atomic mass is 32.2. The minimum Gasteiger partial charge on any atom is -0.472 e. The zero-order chi connectivity index (χ0) is 9.10. The lowest BCUT2D eigenvalue weighted by Crippen LogP contribution is -2.08. The molecule has 0 spiro atoms. The van der Waals surface area contributed by atoms with E-state index in [4.69, 9.17) is 4.42 Å². The number of carbonyl (C=O) groups excluding carboxylic acids is 1. The molecular weight excluding hydrogens is 184 g/mol. The molecule has 0 atom stereocenters. The van der Waals surface area contributed by atoms with Crippen molar-refractivity contribution in [2.75, 3.05) is 11.5 Å². The molecule has 2 rings (SSSR count). The van der Waals surface area contributed by atoms with E-state index in [1.165, 1.54) is 24.3 Å². The highest BCUT2D eigenvalue weighted by molar-refractivity contribution is 7.99. The van der Waals surface area contributed by atoms with Crippen LogP contribution in [-0.4, -0.2) is 17.8 Å². The molecule has 1 aromatic heterocycles. The Hall–Kier alpha value is -0.700. The fraction of sp³-hybridized carbons (Fsp3) is 0.500. The topological polar surface area (TPSA) is 30.2 Å². The zero-order valence-corrected chi connectivity index (χ0v) is 8.18. The van der Waals surface area contributed by atoms with E-state index in [1.807, 2.05) is 11.8 Å². The summed E-state index contributed by atoms with van der Waals surface area (Å²) in [6.07, 6.45) is 6.51. The minimum atomic E-state index is 0.542. The van der Waals surface area contributed by atoms with E-state index in [-0.39, 0.29) is 0 Å². The van der Waals surface area contributed by atoms with Gasteiger partial charge in [0.25, 0.3) is 0 Å². The summed E-state index contributed by atoms with van der Waals surface area (Å²) in [6.45, 7) is 0.